The first-order chi connectivity index (χ1) is 16.4. The number of anilines is 2. The highest BCUT2D eigenvalue weighted by Crippen LogP contribution is 2.43. The second-order valence-corrected chi connectivity index (χ2v) is 11.3. The molecular formula is C28H42N4O3. The summed E-state index contributed by atoms with van der Waals surface area (Å²) in [5.41, 5.74) is 3.66. The zero-order valence-electron chi connectivity index (χ0n) is 22.4. The van der Waals surface area contributed by atoms with E-state index in [0.29, 0.717) is 11.3 Å². The van der Waals surface area contributed by atoms with Crippen molar-refractivity contribution >= 4 is 17.5 Å². The van der Waals surface area contributed by atoms with E-state index < -0.39 is 17.7 Å². The lowest BCUT2D eigenvalue weighted by Gasteiger charge is -2.40. The van der Waals surface area contributed by atoms with Gasteiger partial charge in [0, 0.05) is 54.4 Å². The Balaban J connectivity index is 2.12. The first kappa shape index (κ1) is 26.9. The lowest BCUT2D eigenvalue weighted by molar-refractivity contribution is -0.160. The summed E-state index contributed by atoms with van der Waals surface area (Å²) < 4.78 is 6.11. The highest BCUT2D eigenvalue weighted by Gasteiger charge is 2.35. The van der Waals surface area contributed by atoms with E-state index >= 15 is 0 Å². The van der Waals surface area contributed by atoms with E-state index in [9.17, 15) is 9.90 Å². The molecule has 0 saturated carbocycles. The van der Waals surface area contributed by atoms with Crippen molar-refractivity contribution in [1.29, 1.82) is 0 Å². The van der Waals surface area contributed by atoms with Crippen LogP contribution in [0.3, 0.4) is 0 Å². The topological polar surface area (TPSA) is 87.6 Å². The number of carboxylic acids is 1. The van der Waals surface area contributed by atoms with E-state index in [1.54, 1.807) is 0 Å². The largest absolute Gasteiger partial charge is 0.479 e. The van der Waals surface area contributed by atoms with E-state index in [-0.39, 0.29) is 5.41 Å². The number of aryl methyl sites for hydroxylation is 1. The third kappa shape index (κ3) is 6.94. The Hall–Kier alpha value is -2.67. The van der Waals surface area contributed by atoms with Gasteiger partial charge < -0.3 is 20.1 Å². The number of aliphatic carboxylic acids is 1. The molecule has 1 fully saturated rings. The second kappa shape index (κ2) is 10.9. The molecule has 0 spiro atoms. The summed E-state index contributed by atoms with van der Waals surface area (Å²) in [6, 6.07) is 4.02. The molecule has 3 heterocycles. The summed E-state index contributed by atoms with van der Waals surface area (Å²) in [4.78, 5) is 24.1. The molecule has 7 heteroatoms. The minimum absolute atomic E-state index is 0.264. The van der Waals surface area contributed by atoms with Crippen LogP contribution in [0.4, 0.5) is 11.5 Å². The zero-order valence-corrected chi connectivity index (χ0v) is 22.4. The Kier molecular flexibility index (Phi) is 8.42. The number of unbranched alkanes of at least 4 members (excludes halogenated alkanes) is 1. The standard InChI is InChI=1S/C28H42N4O3/c1-8-9-14-29-22-11-10-20(17-31-22)21-18-30-19(2)23(25(26(33)34)35-27(3,4)5)24(21)32-15-12-28(6,7)13-16-32/h10-11,17-18,25H,8-9,12-16H2,1-7H3,(H,29,31)(H,33,34)/t25-/m0/s1. The van der Waals surface area contributed by atoms with Crippen LogP contribution in [0.25, 0.3) is 11.1 Å². The molecule has 3 rings (SSSR count). The Morgan fingerprint density at radius 1 is 1.20 bits per heavy atom. The summed E-state index contributed by atoms with van der Waals surface area (Å²) in [5.74, 6) is -0.169. The van der Waals surface area contributed by atoms with Crippen molar-refractivity contribution in [2.45, 2.75) is 85.9 Å². The van der Waals surface area contributed by atoms with Crippen LogP contribution in [0.2, 0.25) is 0 Å². The summed E-state index contributed by atoms with van der Waals surface area (Å²) in [7, 11) is 0. The number of nitrogens with one attached hydrogen (secondary N) is 1. The van der Waals surface area contributed by atoms with Crippen LogP contribution in [0.1, 0.15) is 84.6 Å². The normalized spacial score (nSPS) is 16.7. The van der Waals surface area contributed by atoms with Gasteiger partial charge >= 0.3 is 5.97 Å². The molecule has 0 amide bonds. The molecule has 2 N–H and O–H groups in total. The summed E-state index contributed by atoms with van der Waals surface area (Å²) in [5, 5.41) is 13.6. The summed E-state index contributed by atoms with van der Waals surface area (Å²) >= 11 is 0. The van der Waals surface area contributed by atoms with Crippen LogP contribution >= 0.6 is 0 Å². The number of nitrogens with zero attached hydrogens (tertiary/aromatic N) is 3. The number of rotatable bonds is 9. The molecule has 0 aliphatic carbocycles. The van der Waals surface area contributed by atoms with E-state index in [2.05, 4.69) is 41.0 Å². The van der Waals surface area contributed by atoms with E-state index in [0.717, 1.165) is 67.9 Å². The van der Waals surface area contributed by atoms with Gasteiger partial charge in [-0.2, -0.15) is 0 Å². The van der Waals surface area contributed by atoms with Crippen molar-refractivity contribution in [2.75, 3.05) is 29.9 Å². The van der Waals surface area contributed by atoms with Gasteiger partial charge in [-0.3, -0.25) is 4.98 Å². The van der Waals surface area contributed by atoms with Crippen LogP contribution in [0.5, 0.6) is 0 Å². The zero-order chi connectivity index (χ0) is 25.8. The molecule has 35 heavy (non-hydrogen) atoms. The SMILES string of the molecule is CCCCNc1ccc(-c2cnc(C)c([C@H](OC(C)(C)C)C(=O)O)c2N2CCC(C)(C)CC2)cn1. The Morgan fingerprint density at radius 3 is 2.43 bits per heavy atom. The van der Waals surface area contributed by atoms with Crippen LogP contribution in [0.15, 0.2) is 24.5 Å². The highest BCUT2D eigenvalue weighted by atomic mass is 16.5. The fourth-order valence-electron chi connectivity index (χ4n) is 4.45. The maximum Gasteiger partial charge on any atom is 0.337 e. The molecule has 0 radical (unpaired) electrons. The molecule has 0 aromatic carbocycles. The maximum absolute atomic E-state index is 12.5. The maximum atomic E-state index is 12.5. The van der Waals surface area contributed by atoms with Crippen LogP contribution in [-0.2, 0) is 9.53 Å². The van der Waals surface area contributed by atoms with Gasteiger partial charge in [-0.1, -0.05) is 27.2 Å². The van der Waals surface area contributed by atoms with Gasteiger partial charge in [-0.15, -0.1) is 0 Å². The van der Waals surface area contributed by atoms with Crippen molar-refractivity contribution in [3.8, 4) is 11.1 Å². The fourth-order valence-corrected chi connectivity index (χ4v) is 4.45. The number of carbonyl (C=O) groups is 1. The molecule has 1 saturated heterocycles. The van der Waals surface area contributed by atoms with Gasteiger partial charge in [0.2, 0.25) is 0 Å². The van der Waals surface area contributed by atoms with E-state index in [1.807, 2.05) is 52.2 Å². The molecule has 1 atom stereocenters. The lowest BCUT2D eigenvalue weighted by atomic mass is 9.82. The third-order valence-electron chi connectivity index (χ3n) is 6.59. The number of aromatic nitrogens is 2. The van der Waals surface area contributed by atoms with Gasteiger partial charge in [-0.25, -0.2) is 9.78 Å². The van der Waals surface area contributed by atoms with Crippen molar-refractivity contribution < 1.29 is 14.6 Å². The van der Waals surface area contributed by atoms with Crippen molar-refractivity contribution in [3.63, 3.8) is 0 Å². The van der Waals surface area contributed by atoms with Crippen LogP contribution < -0.4 is 10.2 Å². The van der Waals surface area contributed by atoms with Crippen molar-refractivity contribution in [2.24, 2.45) is 5.41 Å². The first-order valence-electron chi connectivity index (χ1n) is 12.8. The number of pyridine rings is 2. The summed E-state index contributed by atoms with van der Waals surface area (Å²) in [6.45, 7) is 16.9. The Bertz CT molecular complexity index is 1000. The van der Waals surface area contributed by atoms with Crippen LogP contribution in [0, 0.1) is 12.3 Å². The van der Waals surface area contributed by atoms with Gasteiger partial charge in [0.05, 0.1) is 11.3 Å². The average Bonchev–Trinajstić information content (AvgIpc) is 2.78. The lowest BCUT2D eigenvalue weighted by Crippen LogP contribution is -2.39. The number of carboxylic acid groups (broad SMARTS) is 1. The predicted molar refractivity (Wildman–Crippen MR) is 142 cm³/mol. The molecular weight excluding hydrogens is 440 g/mol. The van der Waals surface area contributed by atoms with Gasteiger partial charge in [-0.05, 0) is 64.5 Å². The fraction of sp³-hybridized carbons (Fsp3) is 0.607. The van der Waals surface area contributed by atoms with Crippen molar-refractivity contribution in [3.05, 3.63) is 35.8 Å². The Labute approximate surface area is 210 Å². The monoisotopic (exact) mass is 482 g/mol. The molecule has 2 aromatic rings. The number of hydrogen-bond acceptors (Lipinski definition) is 6. The highest BCUT2D eigenvalue weighted by molar-refractivity contribution is 5.86. The molecule has 0 bridgehead atoms. The molecule has 192 valence electrons. The number of ether oxygens (including phenoxy) is 1. The molecule has 1 aliphatic rings. The third-order valence-corrected chi connectivity index (χ3v) is 6.59. The predicted octanol–water partition coefficient (Wildman–Crippen LogP) is 6.23. The van der Waals surface area contributed by atoms with Crippen molar-refractivity contribution in [1.82, 2.24) is 9.97 Å². The number of hydrogen-bond donors (Lipinski definition) is 2. The minimum Gasteiger partial charge on any atom is -0.479 e. The molecule has 0 unspecified atom stereocenters. The summed E-state index contributed by atoms with van der Waals surface area (Å²) in [6.07, 6.45) is 6.87. The first-order valence-corrected chi connectivity index (χ1v) is 12.8. The number of piperidine rings is 1. The quantitative estimate of drug-likeness (QED) is 0.410. The average molecular weight is 483 g/mol. The Morgan fingerprint density at radius 2 is 1.89 bits per heavy atom. The van der Waals surface area contributed by atoms with Gasteiger partial charge in [0.1, 0.15) is 5.82 Å². The minimum atomic E-state index is -1.12. The van der Waals surface area contributed by atoms with E-state index in [1.165, 1.54) is 0 Å². The second-order valence-electron chi connectivity index (χ2n) is 11.3. The van der Waals surface area contributed by atoms with Gasteiger partial charge in [0.15, 0.2) is 6.10 Å². The van der Waals surface area contributed by atoms with E-state index in [4.69, 9.17) is 4.74 Å². The smallest absolute Gasteiger partial charge is 0.337 e. The molecule has 2 aromatic heterocycles. The molecule has 7 nitrogen and oxygen atoms in total. The van der Waals surface area contributed by atoms with Crippen LogP contribution in [-0.4, -0.2) is 46.3 Å². The molecule has 1 aliphatic heterocycles. The van der Waals surface area contributed by atoms with Gasteiger partial charge in [0.25, 0.3) is 0 Å².